The molecule has 0 aliphatic rings. The van der Waals surface area contributed by atoms with Gasteiger partial charge in [0.05, 0.1) is 6.61 Å². The van der Waals surface area contributed by atoms with Crippen LogP contribution in [0.2, 0.25) is 0 Å². The summed E-state index contributed by atoms with van der Waals surface area (Å²) in [7, 11) is -2.62. The van der Waals surface area contributed by atoms with Gasteiger partial charge < -0.3 is 0 Å². The number of rotatable bonds is 6. The van der Waals surface area contributed by atoms with Crippen molar-refractivity contribution in [1.82, 2.24) is 0 Å². The first-order valence-electron chi connectivity index (χ1n) is 3.54. The van der Waals surface area contributed by atoms with Crippen LogP contribution in [0.3, 0.4) is 0 Å². The van der Waals surface area contributed by atoms with Crippen molar-refractivity contribution in [1.29, 1.82) is 0 Å². The van der Waals surface area contributed by atoms with E-state index in [0.29, 0.717) is 6.61 Å². The monoisotopic (exact) mass is 174 g/mol. The van der Waals surface area contributed by atoms with Crippen molar-refractivity contribution in [2.24, 2.45) is 0 Å². The zero-order valence-corrected chi connectivity index (χ0v) is 7.10. The molecule has 0 aliphatic carbocycles. The fraction of sp³-hybridized carbons (Fsp3) is 1.00. The van der Waals surface area contributed by atoms with Crippen LogP contribution in [0.5, 0.6) is 0 Å². The normalized spacial score (nSPS) is 9.64. The maximum atomic E-state index is 9.85. The molecule has 0 saturated carbocycles. The predicted octanol–water partition coefficient (Wildman–Crippen LogP) is 0.461. The van der Waals surface area contributed by atoms with E-state index in [4.69, 9.17) is 0 Å². The molecule has 64 valence electrons. The summed E-state index contributed by atoms with van der Waals surface area (Å²) in [5.74, 6) is 0. The van der Waals surface area contributed by atoms with Crippen molar-refractivity contribution in [2.75, 3.05) is 6.61 Å². The Hall–Kier alpha value is 0.507. The van der Waals surface area contributed by atoms with Crippen molar-refractivity contribution >= 4 is 29.8 Å². The molecule has 0 aromatic rings. The van der Waals surface area contributed by atoms with E-state index in [2.05, 4.69) is 11.1 Å². The van der Waals surface area contributed by atoms with Gasteiger partial charge >= 0.3 is 18.9 Å². The second kappa shape index (κ2) is 10.5. The average molecular weight is 174 g/mol. The Labute approximate surface area is 81.8 Å². The van der Waals surface area contributed by atoms with E-state index in [1.807, 2.05) is 0 Å². The third kappa shape index (κ3) is 13.5. The van der Waals surface area contributed by atoms with Crippen LogP contribution >= 0.6 is 0 Å². The molecule has 0 N–H and O–H groups in total. The predicted molar refractivity (Wildman–Crippen MR) is 47.6 cm³/mol. The maximum absolute atomic E-state index is 9.85. The van der Waals surface area contributed by atoms with Gasteiger partial charge in [0.25, 0.3) is 11.0 Å². The van der Waals surface area contributed by atoms with Crippen molar-refractivity contribution in [3.8, 4) is 0 Å². The zero-order chi connectivity index (χ0) is 7.82. The molecule has 11 heavy (non-hydrogen) atoms. The second-order valence-electron chi connectivity index (χ2n) is 2.12. The Balaban J connectivity index is 0. The first kappa shape index (κ1) is 14.1. The van der Waals surface area contributed by atoms with Gasteiger partial charge in [-0.1, -0.05) is 26.2 Å². The Morgan fingerprint density at radius 1 is 1.18 bits per heavy atom. The topological polar surface area (TPSA) is 43.4 Å². The molecule has 0 aliphatic heterocycles. The van der Waals surface area contributed by atoms with Crippen LogP contribution in [0, 0.1) is 0 Å². The Morgan fingerprint density at radius 3 is 2.27 bits per heavy atom. The van der Waals surface area contributed by atoms with Gasteiger partial charge in [-0.15, -0.1) is 0 Å². The van der Waals surface area contributed by atoms with Gasteiger partial charge in [-0.3, -0.25) is 4.18 Å². The number of hydrogen-bond donors (Lipinski definition) is 1. The number of hydrogen-bond acceptors (Lipinski definition) is 3. The summed E-state index contributed by atoms with van der Waals surface area (Å²) in [5, 5.41) is 0. The van der Waals surface area contributed by atoms with E-state index < -0.39 is 11.0 Å². The molecule has 0 spiro atoms. The Bertz CT molecular complexity index is 128. The fourth-order valence-electron chi connectivity index (χ4n) is 0.668. The SMILES string of the molecule is CCCCCCO[SH](=O)=O.[LiH]. The molecule has 0 atom stereocenters. The standard InChI is InChI=1S/C6H14O3S.Li.H/c1-2-3-4-5-6-9-10(7)8;;/h10H,2-6H2,1H3;;. The van der Waals surface area contributed by atoms with Crippen LogP contribution in [0.15, 0.2) is 0 Å². The van der Waals surface area contributed by atoms with Crippen molar-refractivity contribution in [3.63, 3.8) is 0 Å². The van der Waals surface area contributed by atoms with E-state index in [0.717, 1.165) is 25.7 Å². The number of thiol groups is 1. The van der Waals surface area contributed by atoms with Crippen LogP contribution in [-0.4, -0.2) is 33.9 Å². The summed E-state index contributed by atoms with van der Waals surface area (Å²) in [4.78, 5) is 0. The fourth-order valence-corrected chi connectivity index (χ4v) is 0.946. The summed E-state index contributed by atoms with van der Waals surface area (Å²) in [5.41, 5.74) is 0. The Morgan fingerprint density at radius 2 is 1.82 bits per heavy atom. The zero-order valence-electron chi connectivity index (χ0n) is 6.21. The van der Waals surface area contributed by atoms with Crippen LogP contribution in [0.1, 0.15) is 32.6 Å². The average Bonchev–Trinajstić information content (AvgIpc) is 1.87. The molecule has 5 heteroatoms. The molecule has 0 bridgehead atoms. The van der Waals surface area contributed by atoms with Gasteiger partial charge in [-0.2, -0.15) is 0 Å². The van der Waals surface area contributed by atoms with Crippen LogP contribution in [-0.2, 0) is 15.2 Å². The summed E-state index contributed by atoms with van der Waals surface area (Å²) in [6, 6.07) is 0. The van der Waals surface area contributed by atoms with Crippen LogP contribution < -0.4 is 0 Å². The molecular formula is C6H15LiO3S. The molecule has 0 saturated heterocycles. The third-order valence-electron chi connectivity index (χ3n) is 1.19. The third-order valence-corrected chi connectivity index (χ3v) is 1.59. The van der Waals surface area contributed by atoms with Gasteiger partial charge in [-0.05, 0) is 6.42 Å². The molecule has 3 nitrogen and oxygen atoms in total. The van der Waals surface area contributed by atoms with Crippen LogP contribution in [0.25, 0.3) is 0 Å². The van der Waals surface area contributed by atoms with Gasteiger partial charge in [0.15, 0.2) is 0 Å². The van der Waals surface area contributed by atoms with E-state index in [1.54, 1.807) is 0 Å². The summed E-state index contributed by atoms with van der Waals surface area (Å²) in [6.07, 6.45) is 4.21. The van der Waals surface area contributed by atoms with Gasteiger partial charge in [-0.25, -0.2) is 8.42 Å². The molecule has 0 radical (unpaired) electrons. The van der Waals surface area contributed by atoms with Gasteiger partial charge in [0.1, 0.15) is 0 Å². The molecule has 0 aromatic carbocycles. The van der Waals surface area contributed by atoms with Crippen molar-refractivity contribution < 1.29 is 12.6 Å². The van der Waals surface area contributed by atoms with E-state index >= 15 is 0 Å². The minimum atomic E-state index is -2.62. The molecule has 0 amide bonds. The van der Waals surface area contributed by atoms with Gasteiger partial charge in [0, 0.05) is 0 Å². The van der Waals surface area contributed by atoms with E-state index in [1.165, 1.54) is 0 Å². The summed E-state index contributed by atoms with van der Waals surface area (Å²) >= 11 is 0. The molecule has 0 aromatic heterocycles. The molecule has 0 rings (SSSR count). The van der Waals surface area contributed by atoms with E-state index in [9.17, 15) is 8.42 Å². The quantitative estimate of drug-likeness (QED) is 0.361. The number of unbranched alkanes of at least 4 members (excludes halogenated alkanes) is 3. The molecule has 0 heterocycles. The summed E-state index contributed by atoms with van der Waals surface area (Å²) < 4.78 is 24.0. The minimum absolute atomic E-state index is 0. The second-order valence-corrected chi connectivity index (χ2v) is 2.82. The first-order chi connectivity index (χ1) is 4.77. The molecule has 0 fully saturated rings. The molecular weight excluding hydrogens is 159 g/mol. The van der Waals surface area contributed by atoms with Crippen molar-refractivity contribution in [2.45, 2.75) is 32.6 Å². The molecule has 0 unspecified atom stereocenters. The van der Waals surface area contributed by atoms with Gasteiger partial charge in [0.2, 0.25) is 0 Å². The van der Waals surface area contributed by atoms with E-state index in [-0.39, 0.29) is 18.9 Å². The summed E-state index contributed by atoms with van der Waals surface area (Å²) in [6.45, 7) is 2.45. The first-order valence-corrected chi connectivity index (χ1v) is 4.64. The van der Waals surface area contributed by atoms with Crippen molar-refractivity contribution in [3.05, 3.63) is 0 Å². The van der Waals surface area contributed by atoms with Crippen LogP contribution in [0.4, 0.5) is 0 Å². The Kier molecular flexibility index (Phi) is 13.4.